The first-order valence-corrected chi connectivity index (χ1v) is 10.3. The molecule has 0 heterocycles. The fourth-order valence-electron chi connectivity index (χ4n) is 3.12. The maximum Gasteiger partial charge on any atom is 0.508 e. The van der Waals surface area contributed by atoms with Crippen LogP contribution in [0.1, 0.15) is 65.4 Å². The Morgan fingerprint density at radius 1 is 0.969 bits per heavy atom. The van der Waals surface area contributed by atoms with Gasteiger partial charge in [0, 0.05) is 19.8 Å². The number of nitrogens with two attached hydrogens (primary N) is 1. The van der Waals surface area contributed by atoms with Gasteiger partial charge in [0.2, 0.25) is 0 Å². The summed E-state index contributed by atoms with van der Waals surface area (Å²) in [4.78, 5) is 46.4. The van der Waals surface area contributed by atoms with Crippen LogP contribution in [0.2, 0.25) is 0 Å². The number of esters is 2. The SMILES string of the molecule is CCCC(C)OC(=O)OC(C)CC(c1ccc(OC(C)=O)c(OC(C)=O)c1)[C@H](N)C(=O)O. The minimum absolute atomic E-state index is 0.00288. The van der Waals surface area contributed by atoms with Crippen LogP contribution in [-0.2, 0) is 23.9 Å². The van der Waals surface area contributed by atoms with Gasteiger partial charge in [-0.2, -0.15) is 0 Å². The van der Waals surface area contributed by atoms with Gasteiger partial charge in [-0.05, 0) is 44.4 Å². The van der Waals surface area contributed by atoms with Crippen molar-refractivity contribution >= 4 is 24.1 Å². The third kappa shape index (κ3) is 8.93. The molecule has 10 nitrogen and oxygen atoms in total. The lowest BCUT2D eigenvalue weighted by molar-refractivity contribution is -0.139. The number of carboxylic acid groups (broad SMARTS) is 1. The normalized spacial score (nSPS) is 14.4. The van der Waals surface area contributed by atoms with Gasteiger partial charge in [0.05, 0.1) is 0 Å². The summed E-state index contributed by atoms with van der Waals surface area (Å²) in [6.45, 7) is 7.66. The number of carbonyl (C=O) groups is 4. The second-order valence-corrected chi connectivity index (χ2v) is 7.50. The van der Waals surface area contributed by atoms with Crippen LogP contribution >= 0.6 is 0 Å². The Hall–Kier alpha value is -3.14. The largest absolute Gasteiger partial charge is 0.508 e. The lowest BCUT2D eigenvalue weighted by atomic mass is 9.87. The summed E-state index contributed by atoms with van der Waals surface area (Å²) in [6, 6.07) is 2.91. The molecule has 0 aliphatic heterocycles. The zero-order valence-corrected chi connectivity index (χ0v) is 19.0. The summed E-state index contributed by atoms with van der Waals surface area (Å²) in [5.74, 6) is -3.42. The Labute approximate surface area is 187 Å². The molecule has 0 bridgehead atoms. The van der Waals surface area contributed by atoms with E-state index in [1.165, 1.54) is 32.0 Å². The number of carboxylic acids is 1. The van der Waals surface area contributed by atoms with Crippen molar-refractivity contribution in [1.29, 1.82) is 0 Å². The average molecular weight is 453 g/mol. The Bertz CT molecular complexity index is 824. The molecule has 178 valence electrons. The highest BCUT2D eigenvalue weighted by molar-refractivity contribution is 5.76. The number of hydrogen-bond acceptors (Lipinski definition) is 9. The molecule has 1 aromatic carbocycles. The molecule has 0 aromatic heterocycles. The standard InChI is InChI=1S/C22H31NO9/c1-6-7-12(2)29-22(28)30-13(3)10-17(20(23)21(26)27)16-8-9-18(31-14(4)24)19(11-16)32-15(5)25/h8-9,11-13,17,20H,6-7,10,23H2,1-5H3,(H,26,27)/t12?,13?,17?,20-/m0/s1. The Balaban J connectivity index is 3.13. The van der Waals surface area contributed by atoms with Crippen molar-refractivity contribution in [2.75, 3.05) is 0 Å². The van der Waals surface area contributed by atoms with Crippen LogP contribution in [0.3, 0.4) is 0 Å². The Morgan fingerprint density at radius 3 is 2.06 bits per heavy atom. The van der Waals surface area contributed by atoms with Crippen molar-refractivity contribution in [3.63, 3.8) is 0 Å². The van der Waals surface area contributed by atoms with E-state index in [1.807, 2.05) is 6.92 Å². The monoisotopic (exact) mass is 453 g/mol. The predicted octanol–water partition coefficient (Wildman–Crippen LogP) is 3.15. The van der Waals surface area contributed by atoms with Gasteiger partial charge in [0.15, 0.2) is 11.5 Å². The first-order valence-electron chi connectivity index (χ1n) is 10.3. The summed E-state index contributed by atoms with van der Waals surface area (Å²) >= 11 is 0. The summed E-state index contributed by atoms with van der Waals surface area (Å²) < 4.78 is 20.5. The van der Waals surface area contributed by atoms with E-state index in [2.05, 4.69) is 0 Å². The molecule has 0 saturated heterocycles. The summed E-state index contributed by atoms with van der Waals surface area (Å²) in [5, 5.41) is 9.46. The number of hydrogen-bond donors (Lipinski definition) is 2. The van der Waals surface area contributed by atoms with Crippen LogP contribution in [0, 0.1) is 0 Å². The highest BCUT2D eigenvalue weighted by Gasteiger charge is 2.30. The van der Waals surface area contributed by atoms with Crippen LogP contribution in [0.4, 0.5) is 4.79 Å². The first-order chi connectivity index (χ1) is 14.9. The average Bonchev–Trinajstić information content (AvgIpc) is 2.66. The van der Waals surface area contributed by atoms with Crippen molar-refractivity contribution in [2.45, 2.75) is 78.0 Å². The van der Waals surface area contributed by atoms with Crippen LogP contribution in [-0.4, -0.2) is 47.4 Å². The molecule has 32 heavy (non-hydrogen) atoms. The molecule has 0 spiro atoms. The fourth-order valence-corrected chi connectivity index (χ4v) is 3.12. The molecule has 1 rings (SSSR count). The quantitative estimate of drug-likeness (QED) is 0.377. The summed E-state index contributed by atoms with van der Waals surface area (Å²) in [6.07, 6.45) is -0.310. The van der Waals surface area contributed by atoms with E-state index in [0.717, 1.165) is 6.42 Å². The maximum atomic E-state index is 12.0. The molecule has 0 aliphatic rings. The molecular formula is C22H31NO9. The molecule has 0 aliphatic carbocycles. The molecular weight excluding hydrogens is 422 g/mol. The lowest BCUT2D eigenvalue weighted by Gasteiger charge is -2.25. The zero-order chi connectivity index (χ0) is 24.4. The van der Waals surface area contributed by atoms with Crippen molar-refractivity contribution in [1.82, 2.24) is 0 Å². The number of benzene rings is 1. The molecule has 10 heteroatoms. The van der Waals surface area contributed by atoms with E-state index in [0.29, 0.717) is 12.0 Å². The number of ether oxygens (including phenoxy) is 4. The fraction of sp³-hybridized carbons (Fsp3) is 0.545. The minimum Gasteiger partial charge on any atom is -0.480 e. The van der Waals surface area contributed by atoms with Crippen molar-refractivity contribution in [3.05, 3.63) is 23.8 Å². The minimum atomic E-state index is -1.35. The Morgan fingerprint density at radius 2 is 1.53 bits per heavy atom. The van der Waals surface area contributed by atoms with E-state index in [9.17, 15) is 24.3 Å². The zero-order valence-electron chi connectivity index (χ0n) is 19.0. The third-order valence-electron chi connectivity index (χ3n) is 4.50. The summed E-state index contributed by atoms with van der Waals surface area (Å²) in [7, 11) is 0. The van der Waals surface area contributed by atoms with Crippen LogP contribution in [0.25, 0.3) is 0 Å². The van der Waals surface area contributed by atoms with E-state index in [-0.39, 0.29) is 24.0 Å². The van der Waals surface area contributed by atoms with E-state index >= 15 is 0 Å². The number of carbonyl (C=O) groups excluding carboxylic acids is 3. The smallest absolute Gasteiger partial charge is 0.480 e. The van der Waals surface area contributed by atoms with Gasteiger partial charge in [-0.25, -0.2) is 4.79 Å². The van der Waals surface area contributed by atoms with Gasteiger partial charge in [-0.3, -0.25) is 14.4 Å². The van der Waals surface area contributed by atoms with Crippen LogP contribution in [0.5, 0.6) is 11.5 Å². The van der Waals surface area contributed by atoms with E-state index in [1.54, 1.807) is 13.8 Å². The maximum absolute atomic E-state index is 12.0. The second kappa shape index (κ2) is 12.7. The molecule has 0 fully saturated rings. The summed E-state index contributed by atoms with van der Waals surface area (Å²) in [5.41, 5.74) is 6.30. The first kappa shape index (κ1) is 26.9. The molecule has 3 N–H and O–H groups in total. The van der Waals surface area contributed by atoms with Crippen LogP contribution < -0.4 is 15.2 Å². The molecule has 0 saturated carbocycles. The van der Waals surface area contributed by atoms with Gasteiger partial charge in [-0.1, -0.05) is 19.4 Å². The van der Waals surface area contributed by atoms with Gasteiger partial charge in [0.1, 0.15) is 18.2 Å². The molecule has 1 aromatic rings. The van der Waals surface area contributed by atoms with Gasteiger partial charge in [-0.15, -0.1) is 0 Å². The van der Waals surface area contributed by atoms with Crippen molar-refractivity contribution < 1.29 is 43.2 Å². The topological polar surface area (TPSA) is 151 Å². The van der Waals surface area contributed by atoms with Crippen molar-refractivity contribution in [2.24, 2.45) is 5.73 Å². The highest BCUT2D eigenvalue weighted by atomic mass is 16.7. The van der Waals surface area contributed by atoms with Gasteiger partial charge < -0.3 is 29.8 Å². The predicted molar refractivity (Wildman–Crippen MR) is 113 cm³/mol. The van der Waals surface area contributed by atoms with Gasteiger partial charge in [0.25, 0.3) is 0 Å². The molecule has 3 unspecified atom stereocenters. The lowest BCUT2D eigenvalue weighted by Crippen LogP contribution is -2.38. The Kier molecular flexibility index (Phi) is 10.6. The molecule has 4 atom stereocenters. The van der Waals surface area contributed by atoms with E-state index < -0.39 is 42.1 Å². The second-order valence-electron chi connectivity index (χ2n) is 7.50. The molecule has 0 radical (unpaired) electrons. The third-order valence-corrected chi connectivity index (χ3v) is 4.50. The number of rotatable bonds is 11. The number of aliphatic carboxylic acids is 1. The van der Waals surface area contributed by atoms with E-state index in [4.69, 9.17) is 24.7 Å². The van der Waals surface area contributed by atoms with Crippen LogP contribution in [0.15, 0.2) is 18.2 Å². The van der Waals surface area contributed by atoms with Crippen molar-refractivity contribution in [3.8, 4) is 11.5 Å². The van der Waals surface area contributed by atoms with Gasteiger partial charge >= 0.3 is 24.1 Å². The molecule has 0 amide bonds. The highest BCUT2D eigenvalue weighted by Crippen LogP contribution is 2.34.